The summed E-state index contributed by atoms with van der Waals surface area (Å²) >= 11 is 6.03. The van der Waals surface area contributed by atoms with E-state index in [4.69, 9.17) is 11.6 Å². The lowest BCUT2D eigenvalue weighted by Gasteiger charge is -2.32. The van der Waals surface area contributed by atoms with Crippen LogP contribution >= 0.6 is 11.6 Å². The first kappa shape index (κ1) is 20.7. The number of pyridine rings is 1. The third-order valence-electron chi connectivity index (χ3n) is 6.00. The number of rotatable bonds is 4. The summed E-state index contributed by atoms with van der Waals surface area (Å²) in [6.07, 6.45) is 3.37. The molecular formula is C25H23ClN4O2. The predicted molar refractivity (Wildman–Crippen MR) is 126 cm³/mol. The van der Waals surface area contributed by atoms with Gasteiger partial charge in [-0.3, -0.25) is 18.9 Å². The minimum atomic E-state index is -0.217. The van der Waals surface area contributed by atoms with E-state index in [9.17, 15) is 9.59 Å². The molecule has 1 aliphatic rings. The smallest absolute Gasteiger partial charge is 0.265 e. The number of aromatic nitrogens is 2. The molecule has 0 radical (unpaired) electrons. The summed E-state index contributed by atoms with van der Waals surface area (Å²) in [4.78, 5) is 32.7. The van der Waals surface area contributed by atoms with E-state index in [0.717, 1.165) is 32.5 Å². The summed E-state index contributed by atoms with van der Waals surface area (Å²) in [5, 5.41) is 4.12. The summed E-state index contributed by atoms with van der Waals surface area (Å²) in [6.45, 7) is 2.81. The molecule has 1 amide bonds. The van der Waals surface area contributed by atoms with E-state index in [-0.39, 0.29) is 17.5 Å². The molecule has 2 aromatic carbocycles. The number of carbonyl (C=O) groups excluding carboxylic acids is 1. The van der Waals surface area contributed by atoms with Crippen molar-refractivity contribution in [1.29, 1.82) is 0 Å². The van der Waals surface area contributed by atoms with Crippen LogP contribution in [0.15, 0.2) is 71.7 Å². The van der Waals surface area contributed by atoms with Crippen LogP contribution < -0.4 is 10.9 Å². The molecule has 0 unspecified atom stereocenters. The quantitative estimate of drug-likeness (QED) is 0.483. The molecule has 6 nitrogen and oxygen atoms in total. The number of fused-ring (bicyclic) bond motifs is 2. The topological polar surface area (TPSA) is 66.7 Å². The summed E-state index contributed by atoms with van der Waals surface area (Å²) in [5.74, 6) is -0.170. The maximum atomic E-state index is 12.9. The van der Waals surface area contributed by atoms with Gasteiger partial charge in [0.15, 0.2) is 0 Å². The van der Waals surface area contributed by atoms with E-state index < -0.39 is 0 Å². The Morgan fingerprint density at radius 1 is 1.06 bits per heavy atom. The summed E-state index contributed by atoms with van der Waals surface area (Å²) in [6, 6.07) is 19.0. The van der Waals surface area contributed by atoms with Gasteiger partial charge in [-0.25, -0.2) is 4.98 Å². The van der Waals surface area contributed by atoms with Gasteiger partial charge >= 0.3 is 0 Å². The van der Waals surface area contributed by atoms with Gasteiger partial charge in [0, 0.05) is 36.9 Å². The highest BCUT2D eigenvalue weighted by atomic mass is 35.5. The zero-order valence-corrected chi connectivity index (χ0v) is 18.3. The SMILES string of the molecule is O=C(NC1CCN(Cc2ccccc2)CC1)c1ccc2nc3cc(Cl)ccc3c(=O)n2c1. The van der Waals surface area contributed by atoms with Gasteiger partial charge in [-0.1, -0.05) is 41.9 Å². The molecule has 1 fully saturated rings. The predicted octanol–water partition coefficient (Wildman–Crippen LogP) is 3.90. The molecule has 1 aliphatic heterocycles. The number of likely N-dealkylation sites (tertiary alicyclic amines) is 1. The van der Waals surface area contributed by atoms with Gasteiger partial charge in [0.25, 0.3) is 11.5 Å². The van der Waals surface area contributed by atoms with Gasteiger partial charge in [0.05, 0.1) is 16.5 Å². The van der Waals surface area contributed by atoms with E-state index in [1.54, 1.807) is 36.5 Å². The second kappa shape index (κ2) is 8.73. The molecule has 0 bridgehead atoms. The van der Waals surface area contributed by atoms with E-state index in [2.05, 4.69) is 39.5 Å². The zero-order valence-electron chi connectivity index (χ0n) is 17.5. The van der Waals surface area contributed by atoms with Crippen molar-refractivity contribution in [3.63, 3.8) is 0 Å². The molecule has 0 aliphatic carbocycles. The van der Waals surface area contributed by atoms with Crippen molar-refractivity contribution in [2.24, 2.45) is 0 Å². The number of nitrogens with one attached hydrogen (secondary N) is 1. The molecule has 0 spiro atoms. The third kappa shape index (κ3) is 4.24. The Morgan fingerprint density at radius 2 is 1.84 bits per heavy atom. The Balaban J connectivity index is 1.28. The molecule has 1 saturated heterocycles. The Kier molecular flexibility index (Phi) is 5.64. The molecule has 1 N–H and O–H groups in total. The maximum Gasteiger partial charge on any atom is 0.265 e. The van der Waals surface area contributed by atoms with Crippen molar-refractivity contribution in [2.45, 2.75) is 25.4 Å². The molecule has 162 valence electrons. The molecule has 0 saturated carbocycles. The van der Waals surface area contributed by atoms with Crippen molar-refractivity contribution >= 4 is 34.1 Å². The average Bonchev–Trinajstić information content (AvgIpc) is 2.81. The largest absolute Gasteiger partial charge is 0.349 e. The van der Waals surface area contributed by atoms with Crippen LogP contribution in [-0.4, -0.2) is 39.3 Å². The molecule has 2 aromatic heterocycles. The van der Waals surface area contributed by atoms with Gasteiger partial charge in [0.2, 0.25) is 0 Å². The molecular weight excluding hydrogens is 424 g/mol. The van der Waals surface area contributed by atoms with Gasteiger partial charge in [-0.2, -0.15) is 0 Å². The normalized spacial score (nSPS) is 15.3. The molecule has 0 atom stereocenters. The zero-order chi connectivity index (χ0) is 22.1. The maximum absolute atomic E-state index is 12.9. The van der Waals surface area contributed by atoms with Crippen LogP contribution in [-0.2, 0) is 6.54 Å². The van der Waals surface area contributed by atoms with Crippen LogP contribution in [0, 0.1) is 0 Å². The van der Waals surface area contributed by atoms with Crippen molar-refractivity contribution in [2.75, 3.05) is 13.1 Å². The van der Waals surface area contributed by atoms with Crippen LogP contribution in [0.4, 0.5) is 0 Å². The highest BCUT2D eigenvalue weighted by molar-refractivity contribution is 6.31. The average molecular weight is 447 g/mol. The van der Waals surface area contributed by atoms with E-state index in [1.165, 1.54) is 9.96 Å². The number of carbonyl (C=O) groups is 1. The fourth-order valence-corrected chi connectivity index (χ4v) is 4.42. The van der Waals surface area contributed by atoms with Crippen molar-refractivity contribution < 1.29 is 4.79 Å². The van der Waals surface area contributed by atoms with E-state index in [1.807, 2.05) is 6.07 Å². The number of amides is 1. The van der Waals surface area contributed by atoms with E-state index >= 15 is 0 Å². The standard InChI is InChI=1S/C25H23ClN4O2/c26-19-7-8-21-22(14-19)28-23-9-6-18(16-30(23)25(21)32)24(31)27-20-10-12-29(13-11-20)15-17-4-2-1-3-5-17/h1-9,14,16,20H,10-13,15H2,(H,27,31). The van der Waals surface area contributed by atoms with Gasteiger partial charge < -0.3 is 5.32 Å². The van der Waals surface area contributed by atoms with Gasteiger partial charge in [-0.05, 0) is 48.7 Å². The Bertz CT molecular complexity index is 1340. The minimum Gasteiger partial charge on any atom is -0.349 e. The highest BCUT2D eigenvalue weighted by Gasteiger charge is 2.21. The molecule has 32 heavy (non-hydrogen) atoms. The minimum absolute atomic E-state index is 0.124. The van der Waals surface area contributed by atoms with Crippen molar-refractivity contribution in [3.8, 4) is 0 Å². The fourth-order valence-electron chi connectivity index (χ4n) is 4.26. The molecule has 5 rings (SSSR count). The first-order chi connectivity index (χ1) is 15.6. The summed E-state index contributed by atoms with van der Waals surface area (Å²) in [7, 11) is 0. The molecule has 7 heteroatoms. The number of piperidine rings is 1. The lowest BCUT2D eigenvalue weighted by Crippen LogP contribution is -2.44. The second-order valence-corrected chi connectivity index (χ2v) is 8.67. The first-order valence-corrected chi connectivity index (χ1v) is 11.1. The van der Waals surface area contributed by atoms with Crippen LogP contribution in [0.1, 0.15) is 28.8 Å². The van der Waals surface area contributed by atoms with Crippen LogP contribution in [0.25, 0.3) is 16.6 Å². The highest BCUT2D eigenvalue weighted by Crippen LogP contribution is 2.17. The number of nitrogens with zero attached hydrogens (tertiary/aromatic N) is 3. The lowest BCUT2D eigenvalue weighted by molar-refractivity contribution is 0.0908. The third-order valence-corrected chi connectivity index (χ3v) is 6.24. The molecule has 3 heterocycles. The number of hydrogen-bond acceptors (Lipinski definition) is 4. The van der Waals surface area contributed by atoms with Crippen LogP contribution in [0.5, 0.6) is 0 Å². The lowest BCUT2D eigenvalue weighted by atomic mass is 10.0. The first-order valence-electron chi connectivity index (χ1n) is 10.8. The number of hydrogen-bond donors (Lipinski definition) is 1. The van der Waals surface area contributed by atoms with Crippen molar-refractivity contribution in [3.05, 3.63) is 93.4 Å². The summed E-state index contributed by atoms with van der Waals surface area (Å²) in [5.41, 5.74) is 2.56. The van der Waals surface area contributed by atoms with Crippen molar-refractivity contribution in [1.82, 2.24) is 19.6 Å². The Morgan fingerprint density at radius 3 is 2.62 bits per heavy atom. The van der Waals surface area contributed by atoms with Gasteiger partial charge in [-0.15, -0.1) is 0 Å². The fraction of sp³-hybridized carbons (Fsp3) is 0.240. The Hall–Kier alpha value is -3.22. The van der Waals surface area contributed by atoms with Gasteiger partial charge in [0.1, 0.15) is 5.65 Å². The number of halogens is 1. The van der Waals surface area contributed by atoms with Crippen LogP contribution in [0.3, 0.4) is 0 Å². The Labute approximate surface area is 190 Å². The summed E-state index contributed by atoms with van der Waals surface area (Å²) < 4.78 is 1.42. The molecule has 4 aromatic rings. The second-order valence-electron chi connectivity index (χ2n) is 8.23. The van der Waals surface area contributed by atoms with E-state index in [0.29, 0.717) is 27.1 Å². The van der Waals surface area contributed by atoms with Crippen LogP contribution in [0.2, 0.25) is 5.02 Å². The number of benzene rings is 2. The monoisotopic (exact) mass is 446 g/mol.